The highest BCUT2D eigenvalue weighted by atomic mass is 32.2. The summed E-state index contributed by atoms with van der Waals surface area (Å²) in [5, 5.41) is 2.43. The second kappa shape index (κ2) is 8.84. The smallest absolute Gasteiger partial charge is 0.370 e. The highest BCUT2D eigenvalue weighted by molar-refractivity contribution is 7.89. The van der Waals surface area contributed by atoms with Crippen LogP contribution in [0.1, 0.15) is 17.3 Å². The fourth-order valence-corrected chi connectivity index (χ4v) is 2.70. The average Bonchev–Trinajstić information content (AvgIpc) is 2.51. The third kappa shape index (κ3) is 7.55. The van der Waals surface area contributed by atoms with Crippen molar-refractivity contribution < 1.29 is 31.1 Å². The Hall–Kier alpha value is -2.09. The molecule has 1 rings (SSSR count). The van der Waals surface area contributed by atoms with E-state index in [4.69, 9.17) is 6.42 Å². The number of terminal acetylenes is 1. The average molecular weight is 378 g/mol. The first-order chi connectivity index (χ1) is 11.5. The van der Waals surface area contributed by atoms with Crippen LogP contribution in [0.3, 0.4) is 0 Å². The Labute approximate surface area is 143 Å². The number of hydrogen-bond acceptors (Lipinski definition) is 4. The van der Waals surface area contributed by atoms with Crippen LogP contribution in [-0.4, -0.2) is 46.3 Å². The lowest BCUT2D eigenvalue weighted by Gasteiger charge is -2.15. The molecule has 0 spiro atoms. The van der Waals surface area contributed by atoms with Crippen molar-refractivity contribution in [3.8, 4) is 12.3 Å². The van der Waals surface area contributed by atoms with E-state index in [1.807, 2.05) is 0 Å². The van der Waals surface area contributed by atoms with Gasteiger partial charge in [-0.15, -0.1) is 6.42 Å². The van der Waals surface area contributed by atoms with E-state index in [9.17, 15) is 26.4 Å². The fourth-order valence-electron chi connectivity index (χ4n) is 1.72. The molecule has 0 saturated heterocycles. The van der Waals surface area contributed by atoms with E-state index in [1.165, 1.54) is 25.1 Å². The molecular formula is C15H17F3N2O4S. The van der Waals surface area contributed by atoms with Crippen molar-refractivity contribution >= 4 is 15.9 Å². The Kier molecular flexibility index (Phi) is 7.41. The molecule has 1 amide bonds. The molecule has 0 heterocycles. The van der Waals surface area contributed by atoms with Crippen LogP contribution in [0.15, 0.2) is 29.2 Å². The summed E-state index contributed by atoms with van der Waals surface area (Å²) in [5.41, 5.74) is 0.0336. The maximum absolute atomic E-state index is 12.1. The number of rotatable bonds is 8. The van der Waals surface area contributed by atoms with Crippen molar-refractivity contribution in [2.24, 2.45) is 0 Å². The van der Waals surface area contributed by atoms with E-state index in [0.717, 1.165) is 6.07 Å². The lowest BCUT2D eigenvalue weighted by Crippen LogP contribution is -2.37. The van der Waals surface area contributed by atoms with E-state index in [2.05, 4.69) is 20.7 Å². The highest BCUT2D eigenvalue weighted by Gasteiger charge is 2.27. The summed E-state index contributed by atoms with van der Waals surface area (Å²) < 4.78 is 66.5. The highest BCUT2D eigenvalue weighted by Crippen LogP contribution is 2.14. The van der Waals surface area contributed by atoms with Crippen molar-refractivity contribution in [3.05, 3.63) is 29.8 Å². The molecule has 6 nitrogen and oxygen atoms in total. The number of benzene rings is 1. The topological polar surface area (TPSA) is 84.5 Å². The molecule has 0 aliphatic heterocycles. The zero-order valence-electron chi connectivity index (χ0n) is 13.3. The molecule has 0 aliphatic carbocycles. The Morgan fingerprint density at radius 2 is 2.08 bits per heavy atom. The minimum absolute atomic E-state index is 0.0336. The maximum Gasteiger partial charge on any atom is 0.411 e. The SMILES string of the molecule is C#CCNS(=O)(=O)c1cccc(C(=O)NC(C)COCC(F)(F)F)c1. The lowest BCUT2D eigenvalue weighted by atomic mass is 10.2. The lowest BCUT2D eigenvalue weighted by molar-refractivity contribution is -0.174. The molecule has 138 valence electrons. The van der Waals surface area contributed by atoms with Gasteiger partial charge in [0.2, 0.25) is 10.0 Å². The van der Waals surface area contributed by atoms with Gasteiger partial charge in [0.15, 0.2) is 0 Å². The first-order valence-electron chi connectivity index (χ1n) is 7.03. The molecule has 0 aliphatic rings. The van der Waals surface area contributed by atoms with E-state index in [1.54, 1.807) is 0 Å². The Bertz CT molecular complexity index is 742. The number of sulfonamides is 1. The number of alkyl halides is 3. The van der Waals surface area contributed by atoms with Crippen molar-refractivity contribution in [2.75, 3.05) is 19.8 Å². The van der Waals surface area contributed by atoms with Crippen LogP contribution in [0.2, 0.25) is 0 Å². The zero-order valence-corrected chi connectivity index (χ0v) is 14.1. The summed E-state index contributed by atoms with van der Waals surface area (Å²) in [6, 6.07) is 4.46. The number of ether oxygens (including phenoxy) is 1. The van der Waals surface area contributed by atoms with Crippen LogP contribution >= 0.6 is 0 Å². The normalized spacial score (nSPS) is 13.1. The van der Waals surface area contributed by atoms with Gasteiger partial charge in [0.25, 0.3) is 5.91 Å². The second-order valence-electron chi connectivity index (χ2n) is 5.06. The van der Waals surface area contributed by atoms with Crippen LogP contribution in [0.25, 0.3) is 0 Å². The molecule has 0 fully saturated rings. The molecular weight excluding hydrogens is 361 g/mol. The largest absolute Gasteiger partial charge is 0.411 e. The maximum atomic E-state index is 12.1. The second-order valence-corrected chi connectivity index (χ2v) is 6.83. The summed E-state index contributed by atoms with van der Waals surface area (Å²) in [7, 11) is -3.86. The van der Waals surface area contributed by atoms with Crippen LogP contribution in [0, 0.1) is 12.3 Å². The molecule has 1 aromatic carbocycles. The number of amides is 1. The van der Waals surface area contributed by atoms with Gasteiger partial charge in [0.1, 0.15) is 6.61 Å². The first kappa shape index (κ1) is 21.0. The van der Waals surface area contributed by atoms with Crippen LogP contribution < -0.4 is 10.0 Å². The molecule has 2 N–H and O–H groups in total. The van der Waals surface area contributed by atoms with E-state index in [-0.39, 0.29) is 23.6 Å². The fraction of sp³-hybridized carbons (Fsp3) is 0.400. The molecule has 1 unspecified atom stereocenters. The first-order valence-corrected chi connectivity index (χ1v) is 8.52. The zero-order chi connectivity index (χ0) is 19.1. The van der Waals surface area contributed by atoms with Gasteiger partial charge in [-0.05, 0) is 25.1 Å². The van der Waals surface area contributed by atoms with Gasteiger partial charge in [-0.2, -0.15) is 17.9 Å². The van der Waals surface area contributed by atoms with E-state index < -0.39 is 34.8 Å². The summed E-state index contributed by atoms with van der Waals surface area (Å²) in [6.45, 7) is -0.496. The predicted octanol–water partition coefficient (Wildman–Crippen LogP) is 1.30. The van der Waals surface area contributed by atoms with Crippen molar-refractivity contribution in [1.82, 2.24) is 10.0 Å². The summed E-state index contributed by atoms with van der Waals surface area (Å²) >= 11 is 0. The number of nitrogens with one attached hydrogen (secondary N) is 2. The van der Waals surface area contributed by atoms with Crippen molar-refractivity contribution in [3.63, 3.8) is 0 Å². The Morgan fingerprint density at radius 1 is 1.40 bits per heavy atom. The third-order valence-corrected chi connectivity index (χ3v) is 4.18. The van der Waals surface area contributed by atoms with Gasteiger partial charge in [0, 0.05) is 11.6 Å². The molecule has 25 heavy (non-hydrogen) atoms. The molecule has 0 aromatic heterocycles. The van der Waals surface area contributed by atoms with E-state index in [0.29, 0.717) is 0 Å². The van der Waals surface area contributed by atoms with Gasteiger partial charge in [-0.1, -0.05) is 12.0 Å². The molecule has 0 radical (unpaired) electrons. The third-order valence-electron chi connectivity index (χ3n) is 2.78. The number of halogens is 3. The minimum atomic E-state index is -4.45. The summed E-state index contributed by atoms with van der Waals surface area (Å²) in [5.74, 6) is 1.48. The Balaban J connectivity index is 2.70. The molecule has 1 aromatic rings. The van der Waals surface area contributed by atoms with E-state index >= 15 is 0 Å². The van der Waals surface area contributed by atoms with Crippen molar-refractivity contribution in [1.29, 1.82) is 0 Å². The number of carbonyl (C=O) groups is 1. The standard InChI is InChI=1S/C15H17F3N2O4S/c1-3-7-19-25(22,23)13-6-4-5-12(8-13)14(21)20-11(2)9-24-10-15(16,17)18/h1,4-6,8,11,19H,7,9-10H2,2H3,(H,20,21). The van der Waals surface area contributed by atoms with Gasteiger partial charge in [0.05, 0.1) is 18.0 Å². The molecule has 10 heteroatoms. The van der Waals surface area contributed by atoms with Crippen LogP contribution in [-0.2, 0) is 14.8 Å². The molecule has 0 bridgehead atoms. The van der Waals surface area contributed by atoms with Gasteiger partial charge in [-0.3, -0.25) is 4.79 Å². The van der Waals surface area contributed by atoms with Gasteiger partial charge < -0.3 is 10.1 Å². The molecule has 1 atom stereocenters. The van der Waals surface area contributed by atoms with Gasteiger partial charge in [-0.25, -0.2) is 8.42 Å². The van der Waals surface area contributed by atoms with Gasteiger partial charge >= 0.3 is 6.18 Å². The monoisotopic (exact) mass is 378 g/mol. The van der Waals surface area contributed by atoms with Crippen LogP contribution in [0.5, 0.6) is 0 Å². The van der Waals surface area contributed by atoms with Crippen LogP contribution in [0.4, 0.5) is 13.2 Å². The predicted molar refractivity (Wildman–Crippen MR) is 84.3 cm³/mol. The number of hydrogen-bond donors (Lipinski definition) is 2. The quantitative estimate of drug-likeness (QED) is 0.668. The minimum Gasteiger partial charge on any atom is -0.370 e. The summed E-state index contributed by atoms with van der Waals surface area (Å²) in [4.78, 5) is 11.9. The Morgan fingerprint density at radius 3 is 2.68 bits per heavy atom. The van der Waals surface area contributed by atoms with Crippen molar-refractivity contribution in [2.45, 2.75) is 24.0 Å². The summed E-state index contributed by atoms with van der Waals surface area (Å²) in [6.07, 6.45) is 0.544. The number of carbonyl (C=O) groups excluding carboxylic acids is 1. The molecule has 0 saturated carbocycles.